The molecule has 45 heavy (non-hydrogen) atoms. The number of aryl methyl sites for hydroxylation is 1. The molecule has 0 saturated carbocycles. The molecular formula is C33H39F2N7O3. The zero-order chi connectivity index (χ0) is 30.7. The lowest BCUT2D eigenvalue weighted by Crippen LogP contribution is -2.48. The first kappa shape index (κ1) is 29.0. The van der Waals surface area contributed by atoms with Crippen molar-refractivity contribution in [3.05, 3.63) is 35.4 Å². The van der Waals surface area contributed by atoms with Gasteiger partial charge in [0.15, 0.2) is 5.82 Å². The van der Waals surface area contributed by atoms with Crippen LogP contribution in [0.5, 0.6) is 6.01 Å². The molecule has 0 spiro atoms. The number of pyridine rings is 1. The molecule has 3 fully saturated rings. The van der Waals surface area contributed by atoms with Crippen molar-refractivity contribution in [2.24, 2.45) is 0 Å². The molecule has 0 amide bonds. The zero-order valence-corrected chi connectivity index (χ0v) is 25.8. The van der Waals surface area contributed by atoms with Crippen LogP contribution in [-0.4, -0.2) is 100.0 Å². The van der Waals surface area contributed by atoms with Gasteiger partial charge in [-0.15, -0.1) is 0 Å². The Morgan fingerprint density at radius 3 is 2.91 bits per heavy atom. The summed E-state index contributed by atoms with van der Waals surface area (Å²) in [7, 11) is 0. The van der Waals surface area contributed by atoms with E-state index in [0.717, 1.165) is 66.2 Å². The van der Waals surface area contributed by atoms with Crippen LogP contribution in [0.15, 0.2) is 18.5 Å². The zero-order valence-electron chi connectivity index (χ0n) is 25.8. The van der Waals surface area contributed by atoms with E-state index in [1.54, 1.807) is 12.4 Å². The van der Waals surface area contributed by atoms with Gasteiger partial charge in [0.25, 0.3) is 0 Å². The predicted octanol–water partition coefficient (Wildman–Crippen LogP) is 4.92. The molecule has 5 aliphatic heterocycles. The first-order chi connectivity index (χ1) is 21.9. The maximum Gasteiger partial charge on any atom is 0.319 e. The summed E-state index contributed by atoms with van der Waals surface area (Å²) < 4.78 is 50.2. The van der Waals surface area contributed by atoms with E-state index in [4.69, 9.17) is 24.2 Å². The molecule has 1 aromatic carbocycles. The minimum atomic E-state index is -0.877. The molecule has 5 aliphatic rings. The number of morpholine rings is 1. The minimum absolute atomic E-state index is 0.0865. The van der Waals surface area contributed by atoms with Crippen LogP contribution in [0.1, 0.15) is 50.2 Å². The molecule has 4 aromatic rings. The number of hydrogen-bond acceptors (Lipinski definition) is 9. The maximum atomic E-state index is 17.0. The van der Waals surface area contributed by atoms with Crippen LogP contribution in [0.4, 0.5) is 14.6 Å². The van der Waals surface area contributed by atoms with Crippen molar-refractivity contribution in [1.82, 2.24) is 30.0 Å². The van der Waals surface area contributed by atoms with Gasteiger partial charge in [-0.3, -0.25) is 15.0 Å². The van der Waals surface area contributed by atoms with E-state index in [1.165, 1.54) is 0 Å². The largest absolute Gasteiger partial charge is 0.461 e. The topological polar surface area (TPSA) is 102 Å². The van der Waals surface area contributed by atoms with Gasteiger partial charge in [-0.25, -0.2) is 8.78 Å². The van der Waals surface area contributed by atoms with E-state index >= 15 is 4.39 Å². The number of H-pyrrole nitrogens is 1. The van der Waals surface area contributed by atoms with Crippen LogP contribution in [0.2, 0.25) is 0 Å². The average Bonchev–Trinajstić information content (AvgIpc) is 3.74. The van der Waals surface area contributed by atoms with E-state index in [0.29, 0.717) is 50.5 Å². The summed E-state index contributed by atoms with van der Waals surface area (Å²) in [5, 5.41) is 8.65. The number of ether oxygens (including phenoxy) is 3. The van der Waals surface area contributed by atoms with Crippen molar-refractivity contribution < 1.29 is 23.0 Å². The number of benzene rings is 1. The number of rotatable bonds is 3. The summed E-state index contributed by atoms with van der Waals surface area (Å²) in [6, 6.07) is 2.15. The molecular weight excluding hydrogens is 580 g/mol. The van der Waals surface area contributed by atoms with E-state index in [1.807, 2.05) is 13.8 Å². The van der Waals surface area contributed by atoms with Crippen LogP contribution in [0, 0.1) is 12.7 Å². The summed E-state index contributed by atoms with van der Waals surface area (Å²) in [6.45, 7) is 7.80. The summed E-state index contributed by atoms with van der Waals surface area (Å²) in [4.78, 5) is 18.6. The van der Waals surface area contributed by atoms with Gasteiger partial charge in [0.2, 0.25) is 0 Å². The van der Waals surface area contributed by atoms with Crippen LogP contribution < -0.4 is 9.64 Å². The second-order valence-electron chi connectivity index (χ2n) is 13.1. The summed E-state index contributed by atoms with van der Waals surface area (Å²) in [5.41, 5.74) is 3.64. The van der Waals surface area contributed by atoms with Crippen molar-refractivity contribution in [1.29, 1.82) is 0 Å². The van der Waals surface area contributed by atoms with E-state index in [9.17, 15) is 4.39 Å². The monoisotopic (exact) mass is 619 g/mol. The normalized spacial score (nSPS) is 27.5. The van der Waals surface area contributed by atoms with Crippen molar-refractivity contribution in [3.8, 4) is 17.3 Å². The molecule has 1 N–H and O–H groups in total. The van der Waals surface area contributed by atoms with Crippen LogP contribution in [0.25, 0.3) is 33.1 Å². The second kappa shape index (κ2) is 11.4. The minimum Gasteiger partial charge on any atom is -0.461 e. The van der Waals surface area contributed by atoms with Gasteiger partial charge in [0.05, 0.1) is 35.3 Å². The smallest absolute Gasteiger partial charge is 0.319 e. The second-order valence-corrected chi connectivity index (χ2v) is 13.1. The van der Waals surface area contributed by atoms with Gasteiger partial charge in [0, 0.05) is 49.8 Å². The number of aromatic nitrogens is 5. The molecule has 4 atom stereocenters. The Morgan fingerprint density at radius 2 is 2.00 bits per heavy atom. The molecule has 9 rings (SSSR count). The Labute approximate surface area is 260 Å². The van der Waals surface area contributed by atoms with Gasteiger partial charge in [-0.05, 0) is 69.7 Å². The lowest BCUT2D eigenvalue weighted by molar-refractivity contribution is -0.0706. The van der Waals surface area contributed by atoms with Gasteiger partial charge in [-0.1, -0.05) is 0 Å². The molecule has 8 heterocycles. The molecule has 12 heteroatoms. The number of halogens is 2. The number of alkyl halides is 1. The van der Waals surface area contributed by atoms with Gasteiger partial charge < -0.3 is 19.1 Å². The molecule has 2 unspecified atom stereocenters. The SMILES string of the molecule is Cc1cc2[nH]ncc2c2c1CCCCOC(C)C1CN(CCO1)c1nc(OC[C@@]34CCCN3C[C@H](F)C4)nc3c(F)c-2ncc13. The number of hydrogen-bond donors (Lipinski definition) is 1. The highest BCUT2D eigenvalue weighted by atomic mass is 19.1. The van der Waals surface area contributed by atoms with Crippen LogP contribution >= 0.6 is 0 Å². The highest BCUT2D eigenvalue weighted by Gasteiger charge is 2.49. The third kappa shape index (κ3) is 5.01. The lowest BCUT2D eigenvalue weighted by atomic mass is 9.91. The Bertz CT molecular complexity index is 1750. The van der Waals surface area contributed by atoms with Crippen molar-refractivity contribution in [2.45, 2.75) is 76.3 Å². The number of nitrogens with zero attached hydrogens (tertiary/aromatic N) is 6. The first-order valence-corrected chi connectivity index (χ1v) is 16.2. The van der Waals surface area contributed by atoms with E-state index < -0.39 is 12.0 Å². The number of fused-ring (bicyclic) bond motifs is 8. The quantitative estimate of drug-likeness (QED) is 0.343. The van der Waals surface area contributed by atoms with Gasteiger partial charge in [-0.2, -0.15) is 15.1 Å². The third-order valence-electron chi connectivity index (χ3n) is 10.3. The van der Waals surface area contributed by atoms with E-state index in [-0.39, 0.29) is 41.6 Å². The molecule has 0 aliphatic carbocycles. The maximum absolute atomic E-state index is 17.0. The van der Waals surface area contributed by atoms with E-state index in [2.05, 4.69) is 31.0 Å². The first-order valence-electron chi connectivity index (χ1n) is 16.2. The van der Waals surface area contributed by atoms with Crippen LogP contribution in [-0.2, 0) is 15.9 Å². The fourth-order valence-corrected chi connectivity index (χ4v) is 7.94. The molecule has 0 radical (unpaired) electrons. The summed E-state index contributed by atoms with van der Waals surface area (Å²) in [5.74, 6) is 0.0309. The average molecular weight is 620 g/mol. The molecule has 3 aromatic heterocycles. The van der Waals surface area contributed by atoms with Gasteiger partial charge in [0.1, 0.15) is 35.9 Å². The fourth-order valence-electron chi connectivity index (χ4n) is 7.94. The van der Waals surface area contributed by atoms with Crippen molar-refractivity contribution in [3.63, 3.8) is 0 Å². The number of aromatic amines is 1. The standard InChI is InChI=1S/C33H39F2N7O3/c1-19-12-25-23(15-37-40-25)27-22(19)6-3-4-10-43-20(2)26-17-41(9-11-44-26)31-24-14-36-30(27)28(35)29(24)38-32(39-31)45-18-33-7-5-8-42(33)16-21(34)13-33/h12,14-15,20-21,26H,3-11,13,16-18H2,1-2H3,(H,37,40)/t20?,21-,26?,33+/m1/s1. The molecule has 238 valence electrons. The molecule has 6 bridgehead atoms. The Morgan fingerprint density at radius 1 is 1.09 bits per heavy atom. The Hall–Kier alpha value is -3.48. The lowest BCUT2D eigenvalue weighted by Gasteiger charge is -2.37. The molecule has 3 saturated heterocycles. The van der Waals surface area contributed by atoms with Gasteiger partial charge >= 0.3 is 6.01 Å². The highest BCUT2D eigenvalue weighted by molar-refractivity contribution is 5.99. The number of anilines is 1. The predicted molar refractivity (Wildman–Crippen MR) is 166 cm³/mol. The summed E-state index contributed by atoms with van der Waals surface area (Å²) >= 11 is 0. The summed E-state index contributed by atoms with van der Waals surface area (Å²) in [6.07, 6.45) is 7.00. The Kier molecular flexibility index (Phi) is 7.33. The van der Waals surface area contributed by atoms with Crippen molar-refractivity contribution >= 4 is 27.6 Å². The molecule has 10 nitrogen and oxygen atoms in total. The number of nitrogens with one attached hydrogen (secondary N) is 1. The Balaban J connectivity index is 1.29. The van der Waals surface area contributed by atoms with Crippen molar-refractivity contribution in [2.75, 3.05) is 50.9 Å². The highest BCUT2D eigenvalue weighted by Crippen LogP contribution is 2.42. The van der Waals surface area contributed by atoms with Crippen LogP contribution in [0.3, 0.4) is 0 Å². The fraction of sp³-hybridized carbons (Fsp3) is 0.576. The third-order valence-corrected chi connectivity index (χ3v) is 10.3.